The van der Waals surface area contributed by atoms with E-state index < -0.39 is 5.82 Å². The largest absolute Gasteiger partial charge is 0.404 e. The minimum absolute atomic E-state index is 0.155. The van der Waals surface area contributed by atoms with Crippen LogP contribution in [-0.2, 0) is 4.74 Å². The number of benzene rings is 1. The van der Waals surface area contributed by atoms with Crippen molar-refractivity contribution >= 4 is 23.3 Å². The molecule has 3 rings (SSSR count). The van der Waals surface area contributed by atoms with Gasteiger partial charge in [-0.05, 0) is 19.4 Å². The normalized spacial score (nSPS) is 20.6. The quantitative estimate of drug-likeness (QED) is 0.460. The van der Waals surface area contributed by atoms with Crippen LogP contribution in [0.3, 0.4) is 0 Å². The summed E-state index contributed by atoms with van der Waals surface area (Å²) in [6.45, 7) is 8.84. The molecule has 1 fully saturated rings. The number of nitrogens with one attached hydrogen (secondary N) is 1. The molecule has 166 valence electrons. The zero-order valence-electron chi connectivity index (χ0n) is 18.2. The molecule has 1 saturated heterocycles. The van der Waals surface area contributed by atoms with E-state index in [1.54, 1.807) is 25.2 Å². The Hall–Kier alpha value is -3.13. The topological polar surface area (TPSA) is 101 Å². The van der Waals surface area contributed by atoms with E-state index in [9.17, 15) is 0 Å². The molecule has 0 aliphatic carbocycles. The molecular weight excluding hydrogens is 395 g/mol. The second kappa shape index (κ2) is 10.3. The van der Waals surface area contributed by atoms with Crippen molar-refractivity contribution in [3.63, 3.8) is 0 Å². The Labute approximate surface area is 183 Å². The van der Waals surface area contributed by atoms with Gasteiger partial charge in [-0.25, -0.2) is 9.38 Å². The summed E-state index contributed by atoms with van der Waals surface area (Å²) in [7, 11) is 1.61. The maximum absolute atomic E-state index is 15.2. The van der Waals surface area contributed by atoms with E-state index in [0.29, 0.717) is 24.3 Å². The highest BCUT2D eigenvalue weighted by atomic mass is 19.1. The van der Waals surface area contributed by atoms with Crippen molar-refractivity contribution in [3.05, 3.63) is 59.3 Å². The zero-order chi connectivity index (χ0) is 22.4. The predicted molar refractivity (Wildman–Crippen MR) is 125 cm³/mol. The lowest BCUT2D eigenvalue weighted by atomic mass is 10.0. The fourth-order valence-electron chi connectivity index (χ4n) is 3.75. The first-order valence-corrected chi connectivity index (χ1v) is 10.4. The molecular formula is C23H31FN6O. The summed E-state index contributed by atoms with van der Waals surface area (Å²) in [6, 6.07) is 5.21. The predicted octanol–water partition coefficient (Wildman–Crippen LogP) is 2.69. The molecule has 0 spiro atoms. The van der Waals surface area contributed by atoms with Crippen molar-refractivity contribution < 1.29 is 9.13 Å². The van der Waals surface area contributed by atoms with Gasteiger partial charge in [-0.3, -0.25) is 4.99 Å². The second-order valence-corrected chi connectivity index (χ2v) is 7.71. The van der Waals surface area contributed by atoms with E-state index >= 15 is 4.39 Å². The second-order valence-electron chi connectivity index (χ2n) is 7.71. The van der Waals surface area contributed by atoms with Crippen LogP contribution >= 0.6 is 0 Å². The molecule has 1 aromatic rings. The van der Waals surface area contributed by atoms with Gasteiger partial charge in [-0.15, -0.1) is 0 Å². The highest BCUT2D eigenvalue weighted by molar-refractivity contribution is 6.10. The number of hydrogen-bond donors (Lipinski definition) is 3. The van der Waals surface area contributed by atoms with E-state index in [-0.39, 0.29) is 17.6 Å². The molecule has 2 aliphatic rings. The lowest BCUT2D eigenvalue weighted by Gasteiger charge is -2.33. The van der Waals surface area contributed by atoms with Crippen molar-refractivity contribution in [2.75, 3.05) is 33.4 Å². The summed E-state index contributed by atoms with van der Waals surface area (Å²) in [6.07, 6.45) is 4.56. The van der Waals surface area contributed by atoms with Crippen molar-refractivity contribution in [2.45, 2.75) is 25.8 Å². The molecule has 0 aromatic heterocycles. The molecule has 2 heterocycles. The van der Waals surface area contributed by atoms with Crippen LogP contribution in [0.15, 0.2) is 57.9 Å². The average Bonchev–Trinajstić information content (AvgIpc) is 3.27. The van der Waals surface area contributed by atoms with E-state index in [4.69, 9.17) is 16.2 Å². The van der Waals surface area contributed by atoms with E-state index in [2.05, 4.69) is 26.8 Å². The van der Waals surface area contributed by atoms with Crippen LogP contribution in [0.4, 0.5) is 10.1 Å². The Bertz CT molecular complexity index is 943. The SMILES string of the molecule is C=C(C)N1CCC(NC2CCOC2)=C(C(N)=Nc2cccc(C(C=NC)=CN)c2F)C1. The Morgan fingerprint density at radius 1 is 1.42 bits per heavy atom. The third-order valence-electron chi connectivity index (χ3n) is 5.48. The summed E-state index contributed by atoms with van der Waals surface area (Å²) in [5.74, 6) is -0.209. The third-order valence-corrected chi connectivity index (χ3v) is 5.48. The van der Waals surface area contributed by atoms with Crippen molar-refractivity contribution in [2.24, 2.45) is 21.5 Å². The van der Waals surface area contributed by atoms with Gasteiger partial charge in [0.25, 0.3) is 0 Å². The van der Waals surface area contributed by atoms with Gasteiger partial charge < -0.3 is 26.4 Å². The van der Waals surface area contributed by atoms with E-state index in [1.165, 1.54) is 12.4 Å². The number of nitrogens with two attached hydrogens (primary N) is 2. The van der Waals surface area contributed by atoms with Gasteiger partial charge in [0.1, 0.15) is 11.5 Å². The number of rotatable bonds is 7. The van der Waals surface area contributed by atoms with Crippen molar-refractivity contribution in [1.82, 2.24) is 10.2 Å². The summed E-state index contributed by atoms with van der Waals surface area (Å²) < 4.78 is 20.7. The standard InChI is InChI=1S/C23H31FN6O/c1-15(2)30-9-7-20(28-17-8-10-31-14-17)19(13-30)23(26)29-21-6-4-5-18(22(21)24)16(11-25)12-27-3/h4-6,11-12,17,28H,1,7-10,13-14,25H2,2-3H3,(H2,26,29). The van der Waals surface area contributed by atoms with Gasteiger partial charge in [0.05, 0.1) is 12.6 Å². The Morgan fingerprint density at radius 3 is 2.87 bits per heavy atom. The van der Waals surface area contributed by atoms with Gasteiger partial charge in [0.15, 0.2) is 5.82 Å². The molecule has 0 saturated carbocycles. The molecule has 7 nitrogen and oxygen atoms in total. The maximum atomic E-state index is 15.2. The van der Waals surface area contributed by atoms with Gasteiger partial charge >= 0.3 is 0 Å². The molecule has 0 radical (unpaired) electrons. The summed E-state index contributed by atoms with van der Waals surface area (Å²) in [5, 5.41) is 3.56. The fraction of sp³-hybridized carbons (Fsp3) is 0.391. The number of amidine groups is 1. The number of halogens is 1. The van der Waals surface area contributed by atoms with E-state index in [0.717, 1.165) is 43.0 Å². The highest BCUT2D eigenvalue weighted by Gasteiger charge is 2.25. The average molecular weight is 427 g/mol. The van der Waals surface area contributed by atoms with Crippen LogP contribution in [0.25, 0.3) is 5.57 Å². The number of nitrogens with zero attached hydrogens (tertiary/aromatic N) is 3. The zero-order valence-corrected chi connectivity index (χ0v) is 18.2. The third kappa shape index (κ3) is 5.32. The van der Waals surface area contributed by atoms with Crippen LogP contribution in [-0.4, -0.2) is 56.3 Å². The van der Waals surface area contributed by atoms with Crippen LogP contribution in [0, 0.1) is 5.82 Å². The monoisotopic (exact) mass is 426 g/mol. The number of aliphatic imine (C=N–C) groups is 2. The minimum Gasteiger partial charge on any atom is -0.404 e. The van der Waals surface area contributed by atoms with Gasteiger partial charge in [-0.2, -0.15) is 0 Å². The highest BCUT2D eigenvalue weighted by Crippen LogP contribution is 2.27. The first-order chi connectivity index (χ1) is 14.9. The molecule has 0 amide bonds. The lowest BCUT2D eigenvalue weighted by molar-refractivity contribution is 0.191. The van der Waals surface area contributed by atoms with Crippen molar-refractivity contribution in [3.8, 4) is 0 Å². The molecule has 1 unspecified atom stereocenters. The molecule has 2 aliphatic heterocycles. The van der Waals surface area contributed by atoms with Gasteiger partial charge in [0.2, 0.25) is 0 Å². The first-order valence-electron chi connectivity index (χ1n) is 10.4. The van der Waals surface area contributed by atoms with Gasteiger partial charge in [-0.1, -0.05) is 18.7 Å². The fourth-order valence-corrected chi connectivity index (χ4v) is 3.75. The molecule has 1 atom stereocenters. The Kier molecular flexibility index (Phi) is 7.46. The lowest BCUT2D eigenvalue weighted by Crippen LogP contribution is -2.40. The van der Waals surface area contributed by atoms with Crippen LogP contribution < -0.4 is 16.8 Å². The number of allylic oxidation sites excluding steroid dienone is 2. The first kappa shape index (κ1) is 22.6. The Balaban J connectivity index is 1.97. The van der Waals surface area contributed by atoms with Crippen molar-refractivity contribution in [1.29, 1.82) is 0 Å². The van der Waals surface area contributed by atoms with Crippen LogP contribution in [0.2, 0.25) is 0 Å². The number of hydrogen-bond acceptors (Lipinski definition) is 6. The van der Waals surface area contributed by atoms with Gasteiger partial charge in [0, 0.05) is 73.7 Å². The van der Waals surface area contributed by atoms with Crippen LogP contribution in [0.1, 0.15) is 25.3 Å². The molecule has 1 aromatic carbocycles. The molecule has 5 N–H and O–H groups in total. The maximum Gasteiger partial charge on any atom is 0.156 e. The van der Waals surface area contributed by atoms with E-state index in [1.807, 2.05) is 6.92 Å². The molecule has 31 heavy (non-hydrogen) atoms. The summed E-state index contributed by atoms with van der Waals surface area (Å²) in [5.41, 5.74) is 15.9. The summed E-state index contributed by atoms with van der Waals surface area (Å²) >= 11 is 0. The molecule has 8 heteroatoms. The smallest absolute Gasteiger partial charge is 0.156 e. The molecule has 0 bridgehead atoms. The minimum atomic E-state index is -0.492. The Morgan fingerprint density at radius 2 is 2.23 bits per heavy atom. The van der Waals surface area contributed by atoms with Crippen LogP contribution in [0.5, 0.6) is 0 Å². The summed E-state index contributed by atoms with van der Waals surface area (Å²) in [4.78, 5) is 10.5. The number of ether oxygens (including phenoxy) is 1.